The van der Waals surface area contributed by atoms with Gasteiger partial charge >= 0.3 is 6.03 Å². The van der Waals surface area contributed by atoms with Crippen molar-refractivity contribution in [2.45, 2.75) is 37.1 Å². The summed E-state index contributed by atoms with van der Waals surface area (Å²) in [5, 5.41) is 39.6. The largest absolute Gasteiger partial charge is 0.507 e. The summed E-state index contributed by atoms with van der Waals surface area (Å²) in [6.45, 7) is -0.120. The third-order valence-electron chi connectivity index (χ3n) is 9.90. The summed E-state index contributed by atoms with van der Waals surface area (Å²) >= 11 is 0. The van der Waals surface area contributed by atoms with Crippen molar-refractivity contribution in [3.8, 4) is 17.2 Å². The van der Waals surface area contributed by atoms with E-state index in [4.69, 9.17) is 15.2 Å². The maximum Gasteiger partial charge on any atom is 0.319 e. The fourth-order valence-corrected chi connectivity index (χ4v) is 7.78. The van der Waals surface area contributed by atoms with E-state index in [-0.39, 0.29) is 37.3 Å². The quantitative estimate of drug-likeness (QED) is 0.223. The lowest BCUT2D eigenvalue weighted by Gasteiger charge is -2.55. The van der Waals surface area contributed by atoms with Gasteiger partial charge in [-0.2, -0.15) is 0 Å². The molecule has 1 heterocycles. The fraction of sp³-hybridized carbons (Fsp3) is 0.469. The highest BCUT2D eigenvalue weighted by molar-refractivity contribution is 6.25. The Morgan fingerprint density at radius 1 is 1.06 bits per heavy atom. The Morgan fingerprint density at radius 3 is 2.43 bits per heavy atom. The molecule has 6 rings (SSSR count). The fourth-order valence-electron chi connectivity index (χ4n) is 7.78. The number of urea groups is 1. The molecular formula is C32H37N5O10. The van der Waals surface area contributed by atoms with Crippen LogP contribution in [0.3, 0.4) is 0 Å². The van der Waals surface area contributed by atoms with Crippen molar-refractivity contribution in [2.24, 2.45) is 29.4 Å². The van der Waals surface area contributed by atoms with Crippen LogP contribution in [0.4, 0.5) is 16.2 Å². The number of Topliss-reactive ketones (excluding diaryl/α,β-unsaturated/α-hetero) is 3. The third kappa shape index (κ3) is 4.96. The first-order chi connectivity index (χ1) is 22.2. The molecule has 0 radical (unpaired) electrons. The molecule has 2 aromatic rings. The van der Waals surface area contributed by atoms with Crippen LogP contribution in [0.15, 0.2) is 24.3 Å². The zero-order valence-corrected chi connectivity index (χ0v) is 26.3. The molecule has 15 nitrogen and oxygen atoms in total. The minimum absolute atomic E-state index is 0.00613. The number of anilines is 2. The van der Waals surface area contributed by atoms with Gasteiger partial charge in [0.1, 0.15) is 11.7 Å². The number of fused-ring (bicyclic) bond motifs is 4. The van der Waals surface area contributed by atoms with Gasteiger partial charge in [-0.25, -0.2) is 4.79 Å². The summed E-state index contributed by atoms with van der Waals surface area (Å²) < 4.78 is 10.6. The summed E-state index contributed by atoms with van der Waals surface area (Å²) in [6, 6.07) is 4.94. The highest BCUT2D eigenvalue weighted by Gasteiger charge is 2.69. The van der Waals surface area contributed by atoms with Gasteiger partial charge in [0.25, 0.3) is 0 Å². The van der Waals surface area contributed by atoms with E-state index in [9.17, 15) is 39.3 Å². The minimum atomic E-state index is -2.76. The van der Waals surface area contributed by atoms with E-state index in [1.54, 1.807) is 57.4 Å². The maximum absolute atomic E-state index is 14.2. The molecule has 2 fully saturated rings. The van der Waals surface area contributed by atoms with Crippen LogP contribution in [-0.2, 0) is 27.3 Å². The smallest absolute Gasteiger partial charge is 0.319 e. The number of ketones is 3. The number of nitrogens with one attached hydrogen (secondary N) is 2. The number of primary amides is 1. The number of hydrogen-bond donors (Lipinski definition) is 6. The van der Waals surface area contributed by atoms with Crippen LogP contribution in [-0.4, -0.2) is 102 Å². The first-order valence-corrected chi connectivity index (χ1v) is 15.1. The molecule has 3 amide bonds. The van der Waals surface area contributed by atoms with Gasteiger partial charge < -0.3 is 51.0 Å². The van der Waals surface area contributed by atoms with Crippen LogP contribution in [0, 0.1) is 23.7 Å². The molecule has 0 saturated heterocycles. The predicted molar refractivity (Wildman–Crippen MR) is 165 cm³/mol. The second-order valence-corrected chi connectivity index (χ2v) is 13.0. The number of aliphatic hydroxyl groups excluding tert-OH is 1. The van der Waals surface area contributed by atoms with E-state index in [0.29, 0.717) is 28.4 Å². The third-order valence-corrected chi connectivity index (χ3v) is 9.90. The maximum atomic E-state index is 14.2. The lowest BCUT2D eigenvalue weighted by molar-refractivity contribution is -0.190. The highest BCUT2D eigenvalue weighted by Crippen LogP contribution is 2.52. The molecule has 0 aromatic heterocycles. The van der Waals surface area contributed by atoms with Crippen molar-refractivity contribution < 1.29 is 48.8 Å². The second-order valence-electron chi connectivity index (χ2n) is 13.0. The Labute approximate surface area is 269 Å². The molecule has 15 heteroatoms. The molecule has 2 aromatic carbocycles. The van der Waals surface area contributed by atoms with Gasteiger partial charge in [0.15, 0.2) is 34.4 Å². The minimum Gasteiger partial charge on any atom is -0.507 e. The van der Waals surface area contributed by atoms with Crippen molar-refractivity contribution >= 4 is 40.7 Å². The van der Waals surface area contributed by atoms with Crippen molar-refractivity contribution in [3.05, 3.63) is 41.0 Å². The van der Waals surface area contributed by atoms with E-state index in [2.05, 4.69) is 10.6 Å². The van der Waals surface area contributed by atoms with E-state index >= 15 is 0 Å². The number of benzene rings is 2. The lowest BCUT2D eigenvalue weighted by atomic mass is 9.52. The van der Waals surface area contributed by atoms with Gasteiger partial charge in [-0.3, -0.25) is 19.2 Å². The Morgan fingerprint density at radius 2 is 1.77 bits per heavy atom. The monoisotopic (exact) mass is 651 g/mol. The van der Waals surface area contributed by atoms with E-state index in [0.717, 1.165) is 0 Å². The number of phenolic OH excluding ortho intramolecular Hbond substituents is 1. The highest BCUT2D eigenvalue weighted by atomic mass is 16.7. The number of likely N-dealkylation sites (N-methyl/N-ethyl adjacent to an activating group) is 1. The number of aliphatic hydroxyl groups is 2. The molecule has 47 heavy (non-hydrogen) atoms. The summed E-state index contributed by atoms with van der Waals surface area (Å²) in [7, 11) is 6.68. The predicted octanol–water partition coefficient (Wildman–Crippen LogP) is -0.225. The molecule has 7 N–H and O–H groups in total. The van der Waals surface area contributed by atoms with Crippen molar-refractivity contribution in [1.82, 2.24) is 10.2 Å². The van der Waals surface area contributed by atoms with Crippen LogP contribution in [0.5, 0.6) is 17.2 Å². The molecule has 0 bridgehead atoms. The number of nitrogens with zero attached hydrogens (tertiary/aromatic N) is 2. The number of amides is 3. The number of ether oxygens (including phenoxy) is 2. The van der Waals surface area contributed by atoms with E-state index < -0.39 is 76.5 Å². The molecule has 2 saturated carbocycles. The first-order valence-electron chi connectivity index (χ1n) is 15.1. The SMILES string of the molecule is CN(C)c1cc(CNC(=O)Nc2ccc3c(c2)OCO3)c(O)c2c1C[C@@H]1C[C@@H]3[C@@H](N(C)C)C(O)C(C(N)=O)C(=O)[C@]3(O)C(=O)C1C2=O. The topological polar surface area (TPSA) is 221 Å². The first kappa shape index (κ1) is 32.2. The molecule has 7 atom stereocenters. The van der Waals surface area contributed by atoms with Gasteiger partial charge in [0.2, 0.25) is 12.7 Å². The Hall–Kier alpha value is -4.73. The zero-order valence-electron chi connectivity index (χ0n) is 26.3. The van der Waals surface area contributed by atoms with E-state index in [1.807, 2.05) is 0 Å². The van der Waals surface area contributed by atoms with Crippen molar-refractivity contribution in [1.29, 1.82) is 0 Å². The number of carbonyl (C=O) groups is 5. The molecule has 4 aliphatic rings. The van der Waals surface area contributed by atoms with Gasteiger partial charge in [-0.15, -0.1) is 0 Å². The van der Waals surface area contributed by atoms with Crippen molar-refractivity contribution in [3.63, 3.8) is 0 Å². The van der Waals surface area contributed by atoms with Gasteiger partial charge in [0.05, 0.1) is 17.6 Å². The number of nitrogens with two attached hydrogens (primary N) is 1. The average Bonchev–Trinajstić information content (AvgIpc) is 3.46. The molecule has 3 unspecified atom stereocenters. The number of carbonyl (C=O) groups excluding carboxylic acids is 5. The Balaban J connectivity index is 1.32. The Kier molecular flexibility index (Phi) is 7.89. The molecule has 250 valence electrons. The van der Waals surface area contributed by atoms with Crippen LogP contribution in [0.1, 0.15) is 27.9 Å². The Bertz CT molecular complexity index is 1710. The van der Waals surface area contributed by atoms with Gasteiger partial charge in [-0.1, -0.05) is 0 Å². The number of aromatic hydroxyl groups is 1. The van der Waals surface area contributed by atoms with Crippen LogP contribution >= 0.6 is 0 Å². The second kappa shape index (κ2) is 11.5. The summed E-state index contributed by atoms with van der Waals surface area (Å²) in [5.74, 6) is -8.85. The summed E-state index contributed by atoms with van der Waals surface area (Å²) in [5.41, 5.74) is 4.23. The van der Waals surface area contributed by atoms with E-state index in [1.165, 1.54) is 4.90 Å². The number of phenols is 1. The number of hydrogen-bond acceptors (Lipinski definition) is 12. The molecular weight excluding hydrogens is 614 g/mol. The number of rotatable bonds is 6. The molecule has 3 aliphatic carbocycles. The lowest BCUT2D eigenvalue weighted by Crippen LogP contribution is -2.75. The standard InChI is InChI=1S/C32H37N5O10/c1-36(2)18-9-14(11-34-31(44)35-15-5-6-19-20(10-15)47-12-46-19)25(38)22-16(18)7-13-8-17-24(37(3)4)27(40)23(30(33)43)29(42)32(17,45)28(41)21(13)26(22)39/h5-6,9-10,13,17,21,23-24,27,38,40,45H,7-8,11-12H2,1-4H3,(H2,33,43)(H2,34,35,44)/t13-,17-,21?,23?,24-,27?,32-/m1/s1. The van der Waals surface area contributed by atoms with Crippen LogP contribution < -0.4 is 30.7 Å². The molecule has 1 aliphatic heterocycles. The van der Waals surface area contributed by atoms with Crippen LogP contribution in [0.25, 0.3) is 0 Å². The van der Waals surface area contributed by atoms with Crippen molar-refractivity contribution in [2.75, 3.05) is 45.2 Å². The zero-order chi connectivity index (χ0) is 34.1. The van der Waals surface area contributed by atoms with Crippen LogP contribution in [0.2, 0.25) is 0 Å². The summed E-state index contributed by atoms with van der Waals surface area (Å²) in [6.07, 6.45) is -1.42. The molecule has 0 spiro atoms. The summed E-state index contributed by atoms with van der Waals surface area (Å²) in [4.78, 5) is 70.2. The van der Waals surface area contributed by atoms with Gasteiger partial charge in [-0.05, 0) is 56.6 Å². The average molecular weight is 652 g/mol. The van der Waals surface area contributed by atoms with Gasteiger partial charge in [0, 0.05) is 55.6 Å². The normalized spacial score (nSPS) is 29.1.